The first-order chi connectivity index (χ1) is 14.8. The van der Waals surface area contributed by atoms with Crippen LogP contribution >= 0.6 is 0 Å². The van der Waals surface area contributed by atoms with Crippen molar-refractivity contribution in [2.75, 3.05) is 0 Å². The number of carbonyl (C=O) groups excluding carboxylic acids is 1. The van der Waals surface area contributed by atoms with Crippen LogP contribution in [0, 0.1) is 6.92 Å². The van der Waals surface area contributed by atoms with Crippen LogP contribution in [0.4, 0.5) is 0 Å². The molecule has 0 radical (unpaired) electrons. The maximum absolute atomic E-state index is 13.1. The molecule has 0 bridgehead atoms. The summed E-state index contributed by atoms with van der Waals surface area (Å²) in [7, 11) is 0. The molecule has 0 aliphatic carbocycles. The van der Waals surface area contributed by atoms with Crippen LogP contribution in [0.15, 0.2) is 84.9 Å². The molecule has 2 atom stereocenters. The molecule has 0 fully saturated rings. The van der Waals surface area contributed by atoms with Crippen LogP contribution in [0.3, 0.4) is 0 Å². The third-order valence-electron chi connectivity index (χ3n) is 5.29. The van der Waals surface area contributed by atoms with E-state index in [1.54, 1.807) is 84.9 Å². The highest BCUT2D eigenvalue weighted by atomic mass is 16.4. The zero-order valence-electron chi connectivity index (χ0n) is 17.0. The molecule has 0 spiro atoms. The van der Waals surface area contributed by atoms with E-state index in [4.69, 9.17) is 0 Å². The smallest absolute Gasteiger partial charge is 0.334 e. The van der Waals surface area contributed by atoms with Crippen LogP contribution in [0.1, 0.15) is 39.4 Å². The summed E-state index contributed by atoms with van der Waals surface area (Å²) in [6.45, 7) is 1.88. The number of amides is 1. The van der Waals surface area contributed by atoms with E-state index in [2.05, 4.69) is 5.32 Å². The normalized spacial score (nSPS) is 13.6. The zero-order chi connectivity index (χ0) is 22.4. The van der Waals surface area contributed by atoms with E-state index >= 15 is 0 Å². The summed E-state index contributed by atoms with van der Waals surface area (Å²) in [5.41, 5.74) is 0.0352. The number of aliphatic carboxylic acids is 2. The second-order valence-corrected chi connectivity index (χ2v) is 7.36. The van der Waals surface area contributed by atoms with Crippen LogP contribution in [0.25, 0.3) is 0 Å². The van der Waals surface area contributed by atoms with Crippen LogP contribution in [0.5, 0.6) is 0 Å². The first-order valence-electron chi connectivity index (χ1n) is 9.79. The molecule has 0 heterocycles. The Morgan fingerprint density at radius 2 is 1.39 bits per heavy atom. The Labute approximate surface area is 180 Å². The fourth-order valence-corrected chi connectivity index (χ4v) is 3.72. The van der Waals surface area contributed by atoms with E-state index in [0.29, 0.717) is 5.56 Å². The molecule has 3 aromatic rings. The van der Waals surface area contributed by atoms with Crippen LogP contribution in [0.2, 0.25) is 0 Å². The van der Waals surface area contributed by atoms with Crippen molar-refractivity contribution >= 4 is 17.8 Å². The molecule has 0 saturated carbocycles. The van der Waals surface area contributed by atoms with E-state index in [1.165, 1.54) is 0 Å². The Bertz CT molecular complexity index is 1060. The van der Waals surface area contributed by atoms with Gasteiger partial charge in [0.05, 0.1) is 6.42 Å². The van der Waals surface area contributed by atoms with Gasteiger partial charge >= 0.3 is 11.9 Å². The van der Waals surface area contributed by atoms with Crippen molar-refractivity contribution in [1.82, 2.24) is 5.32 Å². The minimum atomic E-state index is -2.00. The number of aryl methyl sites for hydroxylation is 1. The predicted molar refractivity (Wildman–Crippen MR) is 116 cm³/mol. The third-order valence-corrected chi connectivity index (χ3v) is 5.29. The molecule has 6 heteroatoms. The Balaban J connectivity index is 2.21. The summed E-state index contributed by atoms with van der Waals surface area (Å²) in [5, 5.41) is 22.8. The summed E-state index contributed by atoms with van der Waals surface area (Å²) < 4.78 is 0. The SMILES string of the molecule is Cc1ccc(C(=O)NC(C(=O)O)(c2ccccc2)C(CC(=O)O)c2ccccc2)cc1. The highest BCUT2D eigenvalue weighted by molar-refractivity contribution is 5.99. The number of nitrogens with one attached hydrogen (secondary N) is 1. The summed E-state index contributed by atoms with van der Waals surface area (Å²) >= 11 is 0. The molecule has 3 aromatic carbocycles. The number of hydrogen-bond donors (Lipinski definition) is 3. The lowest BCUT2D eigenvalue weighted by molar-refractivity contribution is -0.147. The number of carbonyl (C=O) groups is 3. The summed E-state index contributed by atoms with van der Waals surface area (Å²) in [6.07, 6.45) is -0.487. The zero-order valence-corrected chi connectivity index (χ0v) is 17.0. The van der Waals surface area contributed by atoms with E-state index in [1.807, 2.05) is 6.92 Å². The van der Waals surface area contributed by atoms with Crippen molar-refractivity contribution < 1.29 is 24.6 Å². The van der Waals surface area contributed by atoms with Gasteiger partial charge in [0.1, 0.15) is 0 Å². The van der Waals surface area contributed by atoms with Crippen molar-refractivity contribution in [1.29, 1.82) is 0 Å². The van der Waals surface area contributed by atoms with E-state index in [0.717, 1.165) is 5.56 Å². The lowest BCUT2D eigenvalue weighted by Crippen LogP contribution is -2.56. The average Bonchev–Trinajstić information content (AvgIpc) is 2.77. The summed E-state index contributed by atoms with van der Waals surface area (Å²) in [6, 6.07) is 23.5. The second-order valence-electron chi connectivity index (χ2n) is 7.36. The quantitative estimate of drug-likeness (QED) is 0.515. The van der Waals surface area contributed by atoms with E-state index < -0.39 is 35.7 Å². The van der Waals surface area contributed by atoms with Gasteiger partial charge in [-0.15, -0.1) is 0 Å². The molecule has 31 heavy (non-hydrogen) atoms. The largest absolute Gasteiger partial charge is 0.481 e. The number of benzene rings is 3. The van der Waals surface area contributed by atoms with Gasteiger partial charge in [0.2, 0.25) is 0 Å². The number of rotatable bonds is 8. The van der Waals surface area contributed by atoms with Gasteiger partial charge in [0, 0.05) is 11.5 Å². The minimum Gasteiger partial charge on any atom is -0.481 e. The molecule has 1 amide bonds. The number of hydrogen-bond acceptors (Lipinski definition) is 3. The van der Waals surface area contributed by atoms with Crippen molar-refractivity contribution in [3.05, 3.63) is 107 Å². The second kappa shape index (κ2) is 9.26. The van der Waals surface area contributed by atoms with Gasteiger partial charge in [-0.1, -0.05) is 78.4 Å². The molecule has 2 unspecified atom stereocenters. The Hall–Kier alpha value is -3.93. The lowest BCUT2D eigenvalue weighted by atomic mass is 9.72. The van der Waals surface area contributed by atoms with Gasteiger partial charge in [-0.05, 0) is 30.2 Å². The Morgan fingerprint density at radius 3 is 1.90 bits per heavy atom. The number of carboxylic acid groups (broad SMARTS) is 2. The molecule has 6 nitrogen and oxygen atoms in total. The molecule has 3 rings (SSSR count). The van der Waals surface area contributed by atoms with Gasteiger partial charge in [-0.25, -0.2) is 4.79 Å². The monoisotopic (exact) mass is 417 g/mol. The molecule has 158 valence electrons. The highest BCUT2D eigenvalue weighted by Crippen LogP contribution is 2.40. The lowest BCUT2D eigenvalue weighted by Gasteiger charge is -2.38. The standard InChI is InChI=1S/C25H23NO5/c1-17-12-14-19(15-13-17)23(29)26-25(24(30)31,20-10-6-3-7-11-20)21(16-22(27)28)18-8-4-2-5-9-18/h2-15,21H,16H2,1H3,(H,26,29)(H,27,28)(H,30,31). The van der Waals surface area contributed by atoms with E-state index in [-0.39, 0.29) is 11.1 Å². The van der Waals surface area contributed by atoms with E-state index in [9.17, 15) is 24.6 Å². The maximum atomic E-state index is 13.1. The fraction of sp³-hybridized carbons (Fsp3) is 0.160. The maximum Gasteiger partial charge on any atom is 0.334 e. The fourth-order valence-electron chi connectivity index (χ4n) is 3.72. The molecular weight excluding hydrogens is 394 g/mol. The van der Waals surface area contributed by atoms with Crippen LogP contribution in [-0.2, 0) is 15.1 Å². The molecule has 0 aliphatic heterocycles. The van der Waals surface area contributed by atoms with Crippen molar-refractivity contribution in [2.45, 2.75) is 24.8 Å². The molecule has 0 aromatic heterocycles. The first kappa shape index (κ1) is 21.8. The Morgan fingerprint density at radius 1 is 0.839 bits per heavy atom. The van der Waals surface area contributed by atoms with Crippen molar-refractivity contribution in [2.24, 2.45) is 0 Å². The van der Waals surface area contributed by atoms with Gasteiger partial charge < -0.3 is 15.5 Å². The van der Waals surface area contributed by atoms with Gasteiger partial charge in [-0.3, -0.25) is 9.59 Å². The van der Waals surface area contributed by atoms with Crippen molar-refractivity contribution in [3.8, 4) is 0 Å². The van der Waals surface area contributed by atoms with Gasteiger partial charge in [0.25, 0.3) is 5.91 Å². The van der Waals surface area contributed by atoms with Gasteiger partial charge in [0.15, 0.2) is 5.54 Å². The topological polar surface area (TPSA) is 104 Å². The van der Waals surface area contributed by atoms with Crippen LogP contribution < -0.4 is 5.32 Å². The molecule has 0 saturated heterocycles. The van der Waals surface area contributed by atoms with Crippen LogP contribution in [-0.4, -0.2) is 28.1 Å². The summed E-state index contributed by atoms with van der Waals surface area (Å²) in [4.78, 5) is 37.8. The van der Waals surface area contributed by atoms with Crippen molar-refractivity contribution in [3.63, 3.8) is 0 Å². The minimum absolute atomic E-state index is 0.286. The Kier molecular flexibility index (Phi) is 6.50. The third kappa shape index (κ3) is 4.64. The predicted octanol–water partition coefficient (Wildman–Crippen LogP) is 3.96. The number of carboxylic acids is 2. The molecule has 3 N–H and O–H groups in total. The summed E-state index contributed by atoms with van der Waals surface area (Å²) in [5.74, 6) is -4.16. The first-order valence-corrected chi connectivity index (χ1v) is 9.79. The highest BCUT2D eigenvalue weighted by Gasteiger charge is 2.50. The average molecular weight is 417 g/mol. The van der Waals surface area contributed by atoms with Gasteiger partial charge in [-0.2, -0.15) is 0 Å². The molecule has 0 aliphatic rings. The molecular formula is C25H23NO5.